The average Bonchev–Trinajstić information content (AvgIpc) is 2.64. The van der Waals surface area contributed by atoms with Crippen LogP contribution in [0.4, 0.5) is 11.5 Å². The van der Waals surface area contributed by atoms with Crippen LogP contribution in [0.25, 0.3) is 0 Å². The first kappa shape index (κ1) is 10.6. The topological polar surface area (TPSA) is 55.6 Å². The van der Waals surface area contributed by atoms with E-state index >= 15 is 0 Å². The number of hydrogen-bond acceptors (Lipinski definition) is 4. The Bertz CT molecular complexity index is 469. The van der Waals surface area contributed by atoms with Crippen LogP contribution in [0.15, 0.2) is 18.5 Å². The molecule has 84 valence electrons. The lowest BCUT2D eigenvalue weighted by Crippen LogP contribution is -1.98. The van der Waals surface area contributed by atoms with Gasteiger partial charge in [0.1, 0.15) is 11.6 Å². The molecule has 5 nitrogen and oxygen atoms in total. The molecule has 0 spiro atoms. The van der Waals surface area contributed by atoms with Crippen LogP contribution in [-0.4, -0.2) is 19.7 Å². The van der Waals surface area contributed by atoms with Crippen LogP contribution in [0.3, 0.4) is 0 Å². The Morgan fingerprint density at radius 3 is 2.75 bits per heavy atom. The minimum atomic E-state index is 0.769. The van der Waals surface area contributed by atoms with E-state index in [4.69, 9.17) is 0 Å². The first-order valence-corrected chi connectivity index (χ1v) is 5.29. The van der Waals surface area contributed by atoms with E-state index in [1.54, 1.807) is 6.20 Å². The molecule has 0 aromatic carbocycles. The molecule has 2 aromatic heterocycles. The van der Waals surface area contributed by atoms with Gasteiger partial charge in [-0.25, -0.2) is 9.97 Å². The van der Waals surface area contributed by atoms with Gasteiger partial charge in [0.2, 0.25) is 0 Å². The fraction of sp³-hybridized carbons (Fsp3) is 0.364. The second-order valence-corrected chi connectivity index (χ2v) is 3.65. The molecule has 2 aromatic rings. The molecular weight excluding hydrogens is 202 g/mol. The highest BCUT2D eigenvalue weighted by Gasteiger charge is 2.01. The SMILES string of the molecule is CCn1cc(Nc2cc(C)nc(C)n2)cn1. The van der Waals surface area contributed by atoms with Crippen molar-refractivity contribution < 1.29 is 0 Å². The smallest absolute Gasteiger partial charge is 0.134 e. The molecule has 0 unspecified atom stereocenters. The molecule has 0 saturated heterocycles. The predicted octanol–water partition coefficient (Wildman–Crippen LogP) is 2.05. The summed E-state index contributed by atoms with van der Waals surface area (Å²) in [4.78, 5) is 8.53. The number of hydrogen-bond donors (Lipinski definition) is 1. The van der Waals surface area contributed by atoms with Crippen molar-refractivity contribution in [2.45, 2.75) is 27.3 Å². The van der Waals surface area contributed by atoms with Crippen molar-refractivity contribution in [3.8, 4) is 0 Å². The number of aryl methyl sites for hydroxylation is 3. The van der Waals surface area contributed by atoms with Crippen molar-refractivity contribution in [2.75, 3.05) is 5.32 Å². The molecule has 0 atom stereocenters. The summed E-state index contributed by atoms with van der Waals surface area (Å²) in [5, 5.41) is 7.39. The fourth-order valence-corrected chi connectivity index (χ4v) is 1.53. The number of rotatable bonds is 3. The summed E-state index contributed by atoms with van der Waals surface area (Å²) in [5.74, 6) is 1.58. The van der Waals surface area contributed by atoms with Crippen molar-refractivity contribution in [3.05, 3.63) is 30.0 Å². The van der Waals surface area contributed by atoms with Gasteiger partial charge in [-0.3, -0.25) is 4.68 Å². The van der Waals surface area contributed by atoms with Crippen LogP contribution >= 0.6 is 0 Å². The number of nitrogens with zero attached hydrogens (tertiary/aromatic N) is 4. The largest absolute Gasteiger partial charge is 0.338 e. The third-order valence-electron chi connectivity index (χ3n) is 2.20. The number of anilines is 2. The Balaban J connectivity index is 2.19. The lowest BCUT2D eigenvalue weighted by Gasteiger charge is -2.04. The molecule has 1 N–H and O–H groups in total. The molecule has 0 fully saturated rings. The van der Waals surface area contributed by atoms with E-state index in [2.05, 4.69) is 27.3 Å². The highest BCUT2D eigenvalue weighted by molar-refractivity contribution is 5.54. The van der Waals surface area contributed by atoms with Gasteiger partial charge >= 0.3 is 0 Å². The van der Waals surface area contributed by atoms with E-state index in [9.17, 15) is 0 Å². The van der Waals surface area contributed by atoms with E-state index < -0.39 is 0 Å². The molecule has 5 heteroatoms. The zero-order chi connectivity index (χ0) is 11.5. The van der Waals surface area contributed by atoms with Crippen molar-refractivity contribution in [2.24, 2.45) is 0 Å². The van der Waals surface area contributed by atoms with Crippen molar-refractivity contribution in [1.29, 1.82) is 0 Å². The molecule has 0 radical (unpaired) electrons. The van der Waals surface area contributed by atoms with Crippen LogP contribution in [0.5, 0.6) is 0 Å². The maximum absolute atomic E-state index is 4.31. The van der Waals surface area contributed by atoms with Crippen LogP contribution in [0.1, 0.15) is 18.4 Å². The minimum Gasteiger partial charge on any atom is -0.338 e. The van der Waals surface area contributed by atoms with Gasteiger partial charge in [-0.1, -0.05) is 0 Å². The predicted molar refractivity (Wildman–Crippen MR) is 62.7 cm³/mol. The Labute approximate surface area is 94.5 Å². The Morgan fingerprint density at radius 2 is 2.12 bits per heavy atom. The lowest BCUT2D eigenvalue weighted by molar-refractivity contribution is 0.660. The molecule has 16 heavy (non-hydrogen) atoms. The van der Waals surface area contributed by atoms with Gasteiger partial charge in [0.25, 0.3) is 0 Å². The summed E-state index contributed by atoms with van der Waals surface area (Å²) in [6.07, 6.45) is 3.74. The first-order chi connectivity index (χ1) is 7.67. The van der Waals surface area contributed by atoms with Gasteiger partial charge in [0, 0.05) is 24.5 Å². The average molecular weight is 217 g/mol. The fourth-order valence-electron chi connectivity index (χ4n) is 1.53. The monoisotopic (exact) mass is 217 g/mol. The maximum Gasteiger partial charge on any atom is 0.134 e. The van der Waals surface area contributed by atoms with Gasteiger partial charge in [-0.15, -0.1) is 0 Å². The van der Waals surface area contributed by atoms with Crippen molar-refractivity contribution in [1.82, 2.24) is 19.7 Å². The minimum absolute atomic E-state index is 0.769. The van der Waals surface area contributed by atoms with Crippen LogP contribution in [0.2, 0.25) is 0 Å². The van der Waals surface area contributed by atoms with E-state index in [1.807, 2.05) is 30.8 Å². The Morgan fingerprint density at radius 1 is 1.31 bits per heavy atom. The standard InChI is InChI=1S/C11H15N5/c1-4-16-7-10(6-12-16)15-11-5-8(2)13-9(3)14-11/h5-7H,4H2,1-3H3,(H,13,14,15). The van der Waals surface area contributed by atoms with Gasteiger partial charge in [0.05, 0.1) is 11.9 Å². The molecule has 0 bridgehead atoms. The zero-order valence-corrected chi connectivity index (χ0v) is 9.73. The highest BCUT2D eigenvalue weighted by Crippen LogP contribution is 2.14. The highest BCUT2D eigenvalue weighted by atomic mass is 15.3. The summed E-state index contributed by atoms with van der Waals surface area (Å²) >= 11 is 0. The zero-order valence-electron chi connectivity index (χ0n) is 9.73. The molecule has 2 rings (SSSR count). The second kappa shape index (κ2) is 4.30. The molecule has 0 amide bonds. The third kappa shape index (κ3) is 2.36. The summed E-state index contributed by atoms with van der Waals surface area (Å²) in [6.45, 7) is 6.75. The van der Waals surface area contributed by atoms with E-state index in [-0.39, 0.29) is 0 Å². The van der Waals surface area contributed by atoms with Gasteiger partial charge < -0.3 is 5.32 Å². The normalized spacial score (nSPS) is 10.4. The van der Waals surface area contributed by atoms with Crippen LogP contribution < -0.4 is 5.32 Å². The summed E-state index contributed by atoms with van der Waals surface area (Å²) in [7, 11) is 0. The van der Waals surface area contributed by atoms with Gasteiger partial charge in [0.15, 0.2) is 0 Å². The Hall–Kier alpha value is -1.91. The molecule has 0 saturated carbocycles. The summed E-state index contributed by atoms with van der Waals surface area (Å²) < 4.78 is 1.86. The Kier molecular flexibility index (Phi) is 2.85. The van der Waals surface area contributed by atoms with Crippen molar-refractivity contribution >= 4 is 11.5 Å². The molecule has 0 aliphatic heterocycles. The van der Waals surface area contributed by atoms with Crippen LogP contribution in [0, 0.1) is 13.8 Å². The number of aromatic nitrogens is 4. The first-order valence-electron chi connectivity index (χ1n) is 5.29. The molecule has 2 heterocycles. The quantitative estimate of drug-likeness (QED) is 0.855. The lowest BCUT2D eigenvalue weighted by atomic mass is 10.4. The number of nitrogens with one attached hydrogen (secondary N) is 1. The molecule has 0 aliphatic carbocycles. The van der Waals surface area contributed by atoms with Crippen molar-refractivity contribution in [3.63, 3.8) is 0 Å². The molecular formula is C11H15N5. The van der Waals surface area contributed by atoms with Crippen LogP contribution in [-0.2, 0) is 6.54 Å². The van der Waals surface area contributed by atoms with Gasteiger partial charge in [-0.2, -0.15) is 5.10 Å². The van der Waals surface area contributed by atoms with Gasteiger partial charge in [-0.05, 0) is 20.8 Å². The van der Waals surface area contributed by atoms with E-state index in [1.165, 1.54) is 0 Å². The van der Waals surface area contributed by atoms with E-state index in [0.717, 1.165) is 29.6 Å². The third-order valence-corrected chi connectivity index (χ3v) is 2.20. The maximum atomic E-state index is 4.31. The summed E-state index contributed by atoms with van der Waals surface area (Å²) in [5.41, 5.74) is 1.90. The molecule has 0 aliphatic rings. The second-order valence-electron chi connectivity index (χ2n) is 3.65. The van der Waals surface area contributed by atoms with E-state index in [0.29, 0.717) is 0 Å². The summed E-state index contributed by atoms with van der Waals surface area (Å²) in [6, 6.07) is 1.91.